The minimum atomic E-state index is -0.110. The Morgan fingerprint density at radius 3 is 2.88 bits per heavy atom. The molecule has 0 aliphatic carbocycles. The number of halogens is 1. The number of H-pyrrole nitrogens is 1. The highest BCUT2D eigenvalue weighted by Crippen LogP contribution is 2.25. The van der Waals surface area contributed by atoms with E-state index in [1.807, 2.05) is 37.3 Å². The van der Waals surface area contributed by atoms with Gasteiger partial charge in [-0.25, -0.2) is 4.79 Å². The highest BCUT2D eigenvalue weighted by molar-refractivity contribution is 6.30. The lowest BCUT2D eigenvalue weighted by molar-refractivity contribution is 0.432. The molecule has 4 rings (SSSR count). The molecular formula is C18H15ClN4O2. The van der Waals surface area contributed by atoms with Crippen molar-refractivity contribution in [3.05, 3.63) is 58.0 Å². The molecule has 0 saturated heterocycles. The summed E-state index contributed by atoms with van der Waals surface area (Å²) < 4.78 is 7.07. The van der Waals surface area contributed by atoms with Crippen LogP contribution < -0.4 is 5.69 Å². The van der Waals surface area contributed by atoms with Crippen LogP contribution >= 0.6 is 11.6 Å². The van der Waals surface area contributed by atoms with Crippen LogP contribution in [-0.4, -0.2) is 19.7 Å². The molecule has 0 amide bonds. The molecule has 2 heterocycles. The number of imidazole rings is 1. The van der Waals surface area contributed by atoms with Crippen LogP contribution in [0.25, 0.3) is 33.9 Å². The van der Waals surface area contributed by atoms with E-state index in [9.17, 15) is 4.79 Å². The third-order valence-electron chi connectivity index (χ3n) is 3.98. The number of aryl methyl sites for hydroxylation is 1. The van der Waals surface area contributed by atoms with E-state index in [-0.39, 0.29) is 5.69 Å². The molecule has 7 heteroatoms. The summed E-state index contributed by atoms with van der Waals surface area (Å²) in [6, 6.07) is 12.9. The van der Waals surface area contributed by atoms with Crippen LogP contribution in [-0.2, 0) is 6.54 Å². The number of hydrogen-bond acceptors (Lipinski definition) is 4. The molecule has 2 aromatic heterocycles. The largest absolute Gasteiger partial charge is 0.334 e. The van der Waals surface area contributed by atoms with Gasteiger partial charge >= 0.3 is 5.69 Å². The van der Waals surface area contributed by atoms with Gasteiger partial charge in [-0.3, -0.25) is 4.57 Å². The zero-order valence-corrected chi connectivity index (χ0v) is 14.2. The molecule has 0 spiro atoms. The fourth-order valence-corrected chi connectivity index (χ4v) is 3.02. The number of benzene rings is 2. The summed E-state index contributed by atoms with van der Waals surface area (Å²) in [4.78, 5) is 19.3. The first-order chi connectivity index (χ1) is 12.2. The quantitative estimate of drug-likeness (QED) is 0.598. The first-order valence-corrected chi connectivity index (χ1v) is 8.36. The number of nitrogens with one attached hydrogen (secondary N) is 1. The molecule has 126 valence electrons. The Morgan fingerprint density at radius 2 is 2.08 bits per heavy atom. The summed E-state index contributed by atoms with van der Waals surface area (Å²) in [5, 5.41) is 4.64. The maximum Gasteiger partial charge on any atom is 0.326 e. The Morgan fingerprint density at radius 1 is 1.20 bits per heavy atom. The van der Waals surface area contributed by atoms with Gasteiger partial charge in [-0.1, -0.05) is 29.7 Å². The molecule has 0 unspecified atom stereocenters. The molecule has 0 fully saturated rings. The van der Waals surface area contributed by atoms with Gasteiger partial charge in [0.15, 0.2) is 0 Å². The first kappa shape index (κ1) is 15.7. The third kappa shape index (κ3) is 2.85. The van der Waals surface area contributed by atoms with Crippen molar-refractivity contribution in [2.75, 3.05) is 0 Å². The average molecular weight is 355 g/mol. The van der Waals surface area contributed by atoms with E-state index in [1.165, 1.54) is 0 Å². The second kappa shape index (κ2) is 6.22. The number of fused-ring (bicyclic) bond motifs is 1. The SMILES string of the molecule is CCCn1c(=O)[nH]c2cc(-c3noc(-c4cccc(Cl)c4)n3)ccc21. The molecule has 6 nitrogen and oxygen atoms in total. The Bertz CT molecular complexity index is 1110. The molecule has 4 aromatic rings. The molecule has 1 N–H and O–H groups in total. The number of aromatic amines is 1. The van der Waals surface area contributed by atoms with Crippen LogP contribution in [0.15, 0.2) is 51.8 Å². The van der Waals surface area contributed by atoms with Crippen molar-refractivity contribution in [2.24, 2.45) is 0 Å². The predicted octanol–water partition coefficient (Wildman–Crippen LogP) is 4.11. The lowest BCUT2D eigenvalue weighted by Gasteiger charge is -2.00. The molecule has 0 aliphatic heterocycles. The zero-order chi connectivity index (χ0) is 17.4. The van der Waals surface area contributed by atoms with Gasteiger partial charge in [0.25, 0.3) is 5.89 Å². The molecule has 0 aliphatic rings. The molecule has 0 radical (unpaired) electrons. The van der Waals surface area contributed by atoms with E-state index < -0.39 is 0 Å². The fraction of sp³-hybridized carbons (Fsp3) is 0.167. The Hall–Kier alpha value is -2.86. The summed E-state index contributed by atoms with van der Waals surface area (Å²) in [6.07, 6.45) is 0.891. The van der Waals surface area contributed by atoms with Crippen molar-refractivity contribution in [1.29, 1.82) is 0 Å². The standard InChI is InChI=1S/C18H15ClN4O2/c1-2-8-23-15-7-6-11(10-14(15)20-18(23)24)16-21-17(25-22-16)12-4-3-5-13(19)9-12/h3-7,9-10H,2,8H2,1H3,(H,20,24). The molecular weight excluding hydrogens is 340 g/mol. The Kier molecular flexibility index (Phi) is 3.89. The van der Waals surface area contributed by atoms with Crippen molar-refractivity contribution in [1.82, 2.24) is 19.7 Å². The minimum absolute atomic E-state index is 0.110. The molecule has 2 aromatic carbocycles. The average Bonchev–Trinajstić information content (AvgIpc) is 3.20. The molecule has 0 atom stereocenters. The van der Waals surface area contributed by atoms with Crippen LogP contribution in [0, 0.1) is 0 Å². The van der Waals surface area contributed by atoms with E-state index >= 15 is 0 Å². The van der Waals surface area contributed by atoms with Crippen molar-refractivity contribution in [3.8, 4) is 22.8 Å². The van der Waals surface area contributed by atoms with Crippen molar-refractivity contribution < 1.29 is 4.52 Å². The van der Waals surface area contributed by atoms with Crippen molar-refractivity contribution in [3.63, 3.8) is 0 Å². The Labute approximate surface area is 148 Å². The summed E-state index contributed by atoms with van der Waals surface area (Å²) in [7, 11) is 0. The van der Waals surface area contributed by atoms with Gasteiger partial charge in [-0.2, -0.15) is 4.98 Å². The maximum atomic E-state index is 12.0. The van der Waals surface area contributed by atoms with Crippen LogP contribution in [0.2, 0.25) is 5.02 Å². The van der Waals surface area contributed by atoms with Crippen LogP contribution in [0.3, 0.4) is 0 Å². The molecule has 0 bridgehead atoms. The Balaban J connectivity index is 1.74. The number of nitrogens with zero attached hydrogens (tertiary/aromatic N) is 3. The van der Waals surface area contributed by atoms with E-state index in [2.05, 4.69) is 15.1 Å². The summed E-state index contributed by atoms with van der Waals surface area (Å²) in [6.45, 7) is 2.72. The van der Waals surface area contributed by atoms with Crippen LogP contribution in [0.4, 0.5) is 0 Å². The minimum Gasteiger partial charge on any atom is -0.334 e. The monoisotopic (exact) mass is 354 g/mol. The van der Waals surface area contributed by atoms with Gasteiger partial charge in [0.05, 0.1) is 11.0 Å². The third-order valence-corrected chi connectivity index (χ3v) is 4.21. The lowest BCUT2D eigenvalue weighted by Crippen LogP contribution is -2.16. The van der Waals surface area contributed by atoms with E-state index in [0.717, 1.165) is 28.6 Å². The van der Waals surface area contributed by atoms with E-state index in [1.54, 1.807) is 16.7 Å². The fourth-order valence-electron chi connectivity index (χ4n) is 2.83. The number of rotatable bonds is 4. The van der Waals surface area contributed by atoms with Gasteiger partial charge in [-0.05, 0) is 42.8 Å². The van der Waals surface area contributed by atoms with Crippen molar-refractivity contribution >= 4 is 22.6 Å². The van der Waals surface area contributed by atoms with Gasteiger partial charge in [0.1, 0.15) is 0 Å². The highest BCUT2D eigenvalue weighted by atomic mass is 35.5. The molecule has 0 saturated carbocycles. The maximum absolute atomic E-state index is 12.0. The number of hydrogen-bond donors (Lipinski definition) is 1. The van der Waals surface area contributed by atoms with Crippen LogP contribution in [0.5, 0.6) is 0 Å². The zero-order valence-electron chi connectivity index (χ0n) is 13.5. The molecule has 25 heavy (non-hydrogen) atoms. The smallest absolute Gasteiger partial charge is 0.326 e. The first-order valence-electron chi connectivity index (χ1n) is 7.98. The summed E-state index contributed by atoms with van der Waals surface area (Å²) >= 11 is 6.00. The van der Waals surface area contributed by atoms with E-state index in [4.69, 9.17) is 16.1 Å². The van der Waals surface area contributed by atoms with Gasteiger partial charge < -0.3 is 9.51 Å². The van der Waals surface area contributed by atoms with Gasteiger partial charge in [-0.15, -0.1) is 0 Å². The van der Waals surface area contributed by atoms with Crippen molar-refractivity contribution in [2.45, 2.75) is 19.9 Å². The topological polar surface area (TPSA) is 76.7 Å². The predicted molar refractivity (Wildman–Crippen MR) is 96.6 cm³/mol. The number of aromatic nitrogens is 4. The van der Waals surface area contributed by atoms with Gasteiger partial charge in [0, 0.05) is 22.7 Å². The summed E-state index contributed by atoms with van der Waals surface area (Å²) in [5.74, 6) is 0.857. The van der Waals surface area contributed by atoms with Gasteiger partial charge in [0.2, 0.25) is 5.82 Å². The second-order valence-corrected chi connectivity index (χ2v) is 6.18. The normalized spacial score (nSPS) is 11.3. The second-order valence-electron chi connectivity index (χ2n) is 5.75. The highest BCUT2D eigenvalue weighted by Gasteiger charge is 2.13. The van der Waals surface area contributed by atoms with Crippen LogP contribution in [0.1, 0.15) is 13.3 Å². The van der Waals surface area contributed by atoms with E-state index in [0.29, 0.717) is 23.3 Å². The lowest BCUT2D eigenvalue weighted by atomic mass is 10.2. The summed E-state index contributed by atoms with van der Waals surface area (Å²) in [5.41, 5.74) is 3.05.